The summed E-state index contributed by atoms with van der Waals surface area (Å²) in [6.45, 7) is 7.11. The van der Waals surface area contributed by atoms with Crippen LogP contribution in [-0.2, 0) is 11.2 Å². The average Bonchev–Trinajstić information content (AvgIpc) is 2.73. The Bertz CT molecular complexity index is 764. The number of piperidine rings is 1. The lowest BCUT2D eigenvalue weighted by atomic mass is 9.89. The standard InChI is InChI=1S/C24H31FN2O/c1-3-24(28)27(23-13-7-12-22(25)17-23)19(2)21-11-8-15-26(18-21)16-14-20-9-5-4-6-10-20/h4-7,9-10,12-13,17,19,21H,3,8,11,14-16,18H2,1-2H3/t19-,21+/m0/s1. The zero-order chi connectivity index (χ0) is 19.9. The Morgan fingerprint density at radius 1 is 1.21 bits per heavy atom. The van der Waals surface area contributed by atoms with E-state index in [1.807, 2.05) is 24.0 Å². The van der Waals surface area contributed by atoms with Crippen LogP contribution in [0.15, 0.2) is 54.6 Å². The smallest absolute Gasteiger partial charge is 0.226 e. The summed E-state index contributed by atoms with van der Waals surface area (Å²) in [6, 6.07) is 17.0. The van der Waals surface area contributed by atoms with Gasteiger partial charge >= 0.3 is 0 Å². The largest absolute Gasteiger partial charge is 0.309 e. The summed E-state index contributed by atoms with van der Waals surface area (Å²) in [5.41, 5.74) is 2.03. The molecule has 1 aliphatic rings. The normalized spacial score (nSPS) is 18.6. The Morgan fingerprint density at radius 3 is 2.71 bits per heavy atom. The molecule has 0 saturated carbocycles. The first-order chi connectivity index (χ1) is 13.6. The highest BCUT2D eigenvalue weighted by Gasteiger charge is 2.31. The Hall–Kier alpha value is -2.20. The van der Waals surface area contributed by atoms with Crippen molar-refractivity contribution in [2.24, 2.45) is 5.92 Å². The highest BCUT2D eigenvalue weighted by Crippen LogP contribution is 2.28. The maximum atomic E-state index is 13.8. The molecule has 0 N–H and O–H groups in total. The molecule has 0 bridgehead atoms. The molecule has 1 amide bonds. The van der Waals surface area contributed by atoms with Crippen molar-refractivity contribution < 1.29 is 9.18 Å². The van der Waals surface area contributed by atoms with E-state index in [-0.39, 0.29) is 17.8 Å². The van der Waals surface area contributed by atoms with Crippen LogP contribution in [0.5, 0.6) is 0 Å². The number of carbonyl (C=O) groups is 1. The van der Waals surface area contributed by atoms with Gasteiger partial charge in [-0.1, -0.05) is 43.3 Å². The number of halogens is 1. The molecule has 1 fully saturated rings. The first-order valence-electron chi connectivity index (χ1n) is 10.4. The number of hydrogen-bond acceptors (Lipinski definition) is 2. The van der Waals surface area contributed by atoms with E-state index in [1.54, 1.807) is 6.07 Å². The summed E-state index contributed by atoms with van der Waals surface area (Å²) in [7, 11) is 0. The minimum Gasteiger partial charge on any atom is -0.309 e. The Morgan fingerprint density at radius 2 is 2.00 bits per heavy atom. The molecule has 3 nitrogen and oxygen atoms in total. The number of anilines is 1. The fourth-order valence-corrected chi connectivity index (χ4v) is 4.23. The molecule has 0 aromatic heterocycles. The average molecular weight is 383 g/mol. The van der Waals surface area contributed by atoms with Crippen LogP contribution >= 0.6 is 0 Å². The zero-order valence-electron chi connectivity index (χ0n) is 17.0. The van der Waals surface area contributed by atoms with Crippen molar-refractivity contribution in [1.29, 1.82) is 0 Å². The van der Waals surface area contributed by atoms with Crippen LogP contribution in [0.25, 0.3) is 0 Å². The summed E-state index contributed by atoms with van der Waals surface area (Å²) >= 11 is 0. The molecule has 1 aliphatic heterocycles. The molecule has 2 aromatic rings. The molecule has 0 aliphatic carbocycles. The van der Waals surface area contributed by atoms with Crippen LogP contribution in [0.1, 0.15) is 38.7 Å². The maximum absolute atomic E-state index is 13.8. The highest BCUT2D eigenvalue weighted by molar-refractivity contribution is 5.93. The van der Waals surface area contributed by atoms with Crippen LogP contribution in [0.2, 0.25) is 0 Å². The lowest BCUT2D eigenvalue weighted by Gasteiger charge is -2.40. The molecule has 2 atom stereocenters. The molecule has 4 heteroatoms. The summed E-state index contributed by atoms with van der Waals surface area (Å²) < 4.78 is 13.8. The van der Waals surface area contributed by atoms with E-state index in [0.29, 0.717) is 18.0 Å². The Balaban J connectivity index is 1.68. The number of nitrogens with zero attached hydrogens (tertiary/aromatic N) is 2. The van der Waals surface area contributed by atoms with Crippen molar-refractivity contribution in [1.82, 2.24) is 4.90 Å². The molecule has 0 radical (unpaired) electrons. The molecule has 28 heavy (non-hydrogen) atoms. The third-order valence-electron chi connectivity index (χ3n) is 5.85. The van der Waals surface area contributed by atoms with Crippen molar-refractivity contribution >= 4 is 11.6 Å². The van der Waals surface area contributed by atoms with Crippen LogP contribution in [0.4, 0.5) is 10.1 Å². The third kappa shape index (κ3) is 5.20. The molecule has 1 saturated heterocycles. The van der Waals surface area contributed by atoms with Gasteiger partial charge in [-0.3, -0.25) is 4.79 Å². The number of benzene rings is 2. The number of hydrogen-bond donors (Lipinski definition) is 0. The number of carbonyl (C=O) groups excluding carboxylic acids is 1. The maximum Gasteiger partial charge on any atom is 0.226 e. The minimum absolute atomic E-state index is 0.0498. The molecule has 0 spiro atoms. The van der Waals surface area contributed by atoms with Gasteiger partial charge in [-0.2, -0.15) is 0 Å². The van der Waals surface area contributed by atoms with Gasteiger partial charge in [0.05, 0.1) is 0 Å². The topological polar surface area (TPSA) is 23.6 Å². The van der Waals surface area contributed by atoms with E-state index in [9.17, 15) is 9.18 Å². The van der Waals surface area contributed by atoms with Crippen LogP contribution in [-0.4, -0.2) is 36.5 Å². The summed E-state index contributed by atoms with van der Waals surface area (Å²) in [6.07, 6.45) is 3.71. The second kappa shape index (κ2) is 9.83. The second-order valence-corrected chi connectivity index (χ2v) is 7.78. The van der Waals surface area contributed by atoms with Crippen molar-refractivity contribution in [3.05, 3.63) is 66.0 Å². The quantitative estimate of drug-likeness (QED) is 0.679. The zero-order valence-corrected chi connectivity index (χ0v) is 17.0. The van der Waals surface area contributed by atoms with E-state index >= 15 is 0 Å². The van der Waals surface area contributed by atoms with Gasteiger partial charge in [0.25, 0.3) is 0 Å². The second-order valence-electron chi connectivity index (χ2n) is 7.78. The first kappa shape index (κ1) is 20.5. The Labute approximate surface area is 168 Å². The molecule has 150 valence electrons. The van der Waals surface area contributed by atoms with E-state index in [2.05, 4.69) is 36.1 Å². The fraction of sp³-hybridized carbons (Fsp3) is 0.458. The number of amides is 1. The van der Waals surface area contributed by atoms with E-state index in [1.165, 1.54) is 17.7 Å². The van der Waals surface area contributed by atoms with Crippen molar-refractivity contribution in [3.8, 4) is 0 Å². The number of likely N-dealkylation sites (tertiary alicyclic amines) is 1. The van der Waals surface area contributed by atoms with Gasteiger partial charge in [0.2, 0.25) is 5.91 Å². The molecule has 1 heterocycles. The van der Waals surface area contributed by atoms with Gasteiger partial charge in [0, 0.05) is 31.2 Å². The third-order valence-corrected chi connectivity index (χ3v) is 5.85. The van der Waals surface area contributed by atoms with Gasteiger partial charge in [-0.25, -0.2) is 4.39 Å². The van der Waals surface area contributed by atoms with E-state index < -0.39 is 0 Å². The first-order valence-corrected chi connectivity index (χ1v) is 10.4. The van der Waals surface area contributed by atoms with E-state index in [4.69, 9.17) is 0 Å². The molecule has 2 aromatic carbocycles. The monoisotopic (exact) mass is 382 g/mol. The van der Waals surface area contributed by atoms with Crippen molar-refractivity contribution in [3.63, 3.8) is 0 Å². The summed E-state index contributed by atoms with van der Waals surface area (Å²) in [5.74, 6) is 0.148. The predicted octanol–water partition coefficient (Wildman–Crippen LogP) is 4.91. The SMILES string of the molecule is CCC(=O)N(c1cccc(F)c1)[C@@H](C)[C@@H]1CCCN(CCc2ccccc2)C1. The fourth-order valence-electron chi connectivity index (χ4n) is 4.23. The lowest BCUT2D eigenvalue weighted by Crippen LogP contribution is -2.49. The lowest BCUT2D eigenvalue weighted by molar-refractivity contribution is -0.119. The van der Waals surface area contributed by atoms with Crippen LogP contribution in [0.3, 0.4) is 0 Å². The molecule has 3 rings (SSSR count). The summed E-state index contributed by atoms with van der Waals surface area (Å²) in [5, 5.41) is 0. The highest BCUT2D eigenvalue weighted by atomic mass is 19.1. The van der Waals surface area contributed by atoms with Gasteiger partial charge < -0.3 is 9.80 Å². The van der Waals surface area contributed by atoms with Crippen molar-refractivity contribution in [2.45, 2.75) is 45.6 Å². The molecular weight excluding hydrogens is 351 g/mol. The van der Waals surface area contributed by atoms with Crippen LogP contribution in [0, 0.1) is 11.7 Å². The van der Waals surface area contributed by atoms with Crippen molar-refractivity contribution in [2.75, 3.05) is 24.5 Å². The van der Waals surface area contributed by atoms with E-state index in [0.717, 1.165) is 38.9 Å². The van der Waals surface area contributed by atoms with Gasteiger partial charge in [0.1, 0.15) is 5.82 Å². The van der Waals surface area contributed by atoms with Crippen LogP contribution < -0.4 is 4.90 Å². The number of rotatable bonds is 7. The van der Waals surface area contributed by atoms with Gasteiger partial charge in [0.15, 0.2) is 0 Å². The molecule has 0 unspecified atom stereocenters. The Kier molecular flexibility index (Phi) is 7.21. The molecular formula is C24H31FN2O. The minimum atomic E-state index is -0.299. The summed E-state index contributed by atoms with van der Waals surface area (Å²) in [4.78, 5) is 17.0. The van der Waals surface area contributed by atoms with Gasteiger partial charge in [-0.05, 0) is 62.4 Å². The van der Waals surface area contributed by atoms with Gasteiger partial charge in [-0.15, -0.1) is 0 Å². The predicted molar refractivity (Wildman–Crippen MR) is 113 cm³/mol.